The summed E-state index contributed by atoms with van der Waals surface area (Å²) in [6, 6.07) is 9.27. The summed E-state index contributed by atoms with van der Waals surface area (Å²) in [5.41, 5.74) is 0.960. The molecule has 0 aliphatic rings. The fourth-order valence-corrected chi connectivity index (χ4v) is 2.82. The Bertz CT molecular complexity index is 828. The molecule has 0 saturated carbocycles. The Kier molecular flexibility index (Phi) is 4.66. The second-order valence-corrected chi connectivity index (χ2v) is 5.73. The van der Waals surface area contributed by atoms with Crippen molar-refractivity contribution in [3.05, 3.63) is 65.1 Å². The first-order valence-electron chi connectivity index (χ1n) is 7.46. The van der Waals surface area contributed by atoms with Gasteiger partial charge in [0.15, 0.2) is 0 Å². The highest BCUT2D eigenvalue weighted by atomic mass is 35.5. The third-order valence-electron chi connectivity index (χ3n) is 3.67. The molecule has 0 amide bonds. The maximum absolute atomic E-state index is 6.06. The van der Waals surface area contributed by atoms with Gasteiger partial charge in [-0.3, -0.25) is 0 Å². The van der Waals surface area contributed by atoms with E-state index in [4.69, 9.17) is 16.3 Å². The molecule has 0 aliphatic heterocycles. The zero-order valence-corrected chi connectivity index (χ0v) is 14.4. The van der Waals surface area contributed by atoms with E-state index >= 15 is 0 Å². The van der Waals surface area contributed by atoms with Crippen LogP contribution in [-0.4, -0.2) is 26.6 Å². The van der Waals surface area contributed by atoms with E-state index in [1.165, 1.54) is 0 Å². The third kappa shape index (κ3) is 3.33. The number of aryl methyl sites for hydroxylation is 2. The predicted octanol–water partition coefficient (Wildman–Crippen LogP) is 3.38. The standard InChI is InChI=1S/C17H18ClN5O/c1-11-20-14(18)10-15(21-11)22-16(17-19-8-9-23(17)2)12-6-4-5-7-13(12)24-3/h4-10,16H,1-3H3,(H,20,21,22). The van der Waals surface area contributed by atoms with Gasteiger partial charge < -0.3 is 14.6 Å². The molecule has 3 rings (SSSR count). The monoisotopic (exact) mass is 343 g/mol. The van der Waals surface area contributed by atoms with Crippen LogP contribution in [-0.2, 0) is 7.05 Å². The zero-order chi connectivity index (χ0) is 17.1. The lowest BCUT2D eigenvalue weighted by Gasteiger charge is -2.21. The van der Waals surface area contributed by atoms with Crippen molar-refractivity contribution >= 4 is 17.4 Å². The quantitative estimate of drug-likeness (QED) is 0.719. The number of benzene rings is 1. The van der Waals surface area contributed by atoms with Gasteiger partial charge in [-0.2, -0.15) is 0 Å². The number of aromatic nitrogens is 4. The van der Waals surface area contributed by atoms with E-state index in [2.05, 4.69) is 20.3 Å². The number of nitrogens with one attached hydrogen (secondary N) is 1. The minimum Gasteiger partial charge on any atom is -0.496 e. The lowest BCUT2D eigenvalue weighted by molar-refractivity contribution is 0.408. The van der Waals surface area contributed by atoms with Crippen molar-refractivity contribution in [3.63, 3.8) is 0 Å². The molecule has 2 heterocycles. The van der Waals surface area contributed by atoms with Crippen molar-refractivity contribution in [3.8, 4) is 5.75 Å². The number of para-hydroxylation sites is 1. The van der Waals surface area contributed by atoms with Crippen LogP contribution in [0, 0.1) is 6.92 Å². The molecule has 124 valence electrons. The topological polar surface area (TPSA) is 64.9 Å². The van der Waals surface area contributed by atoms with Gasteiger partial charge in [-0.05, 0) is 13.0 Å². The lowest BCUT2D eigenvalue weighted by Crippen LogP contribution is -2.18. The number of methoxy groups -OCH3 is 1. The highest BCUT2D eigenvalue weighted by molar-refractivity contribution is 6.29. The number of halogens is 1. The number of ether oxygens (including phenoxy) is 1. The van der Waals surface area contributed by atoms with Crippen molar-refractivity contribution in [1.29, 1.82) is 0 Å². The molecule has 6 nitrogen and oxygen atoms in total. The minimum atomic E-state index is -0.244. The normalized spacial score (nSPS) is 12.0. The Labute approximate surface area is 145 Å². The molecule has 1 atom stereocenters. The largest absolute Gasteiger partial charge is 0.496 e. The molecule has 0 aliphatic carbocycles. The van der Waals surface area contributed by atoms with E-state index in [0.717, 1.165) is 17.1 Å². The molecule has 7 heteroatoms. The fourth-order valence-electron chi connectivity index (χ4n) is 2.59. The van der Waals surface area contributed by atoms with Crippen LogP contribution in [0.3, 0.4) is 0 Å². The Morgan fingerprint density at radius 1 is 1.25 bits per heavy atom. The number of nitrogens with zero attached hydrogens (tertiary/aromatic N) is 4. The van der Waals surface area contributed by atoms with Gasteiger partial charge in [-0.15, -0.1) is 0 Å². The average Bonchev–Trinajstić information content (AvgIpc) is 2.97. The molecule has 24 heavy (non-hydrogen) atoms. The van der Waals surface area contributed by atoms with Crippen molar-refractivity contribution in [2.45, 2.75) is 13.0 Å². The van der Waals surface area contributed by atoms with Crippen LogP contribution in [0.4, 0.5) is 5.82 Å². The molecule has 1 N–H and O–H groups in total. The molecule has 0 spiro atoms. The Morgan fingerprint density at radius 2 is 2.04 bits per heavy atom. The molecule has 0 fully saturated rings. The van der Waals surface area contributed by atoms with Crippen LogP contribution < -0.4 is 10.1 Å². The second-order valence-electron chi connectivity index (χ2n) is 5.34. The van der Waals surface area contributed by atoms with E-state index in [0.29, 0.717) is 16.8 Å². The first kappa shape index (κ1) is 16.3. The SMILES string of the molecule is COc1ccccc1C(Nc1cc(Cl)nc(C)n1)c1nccn1C. The van der Waals surface area contributed by atoms with Crippen LogP contribution >= 0.6 is 11.6 Å². The summed E-state index contributed by atoms with van der Waals surface area (Å²) < 4.78 is 7.47. The van der Waals surface area contributed by atoms with Crippen LogP contribution in [0.5, 0.6) is 5.75 Å². The highest BCUT2D eigenvalue weighted by Crippen LogP contribution is 2.31. The Hall–Kier alpha value is -2.60. The van der Waals surface area contributed by atoms with E-state index in [1.54, 1.807) is 26.3 Å². The first-order chi connectivity index (χ1) is 11.6. The van der Waals surface area contributed by atoms with Gasteiger partial charge in [-0.25, -0.2) is 15.0 Å². The van der Waals surface area contributed by atoms with Crippen molar-refractivity contribution in [1.82, 2.24) is 19.5 Å². The van der Waals surface area contributed by atoms with Gasteiger partial charge in [0.05, 0.1) is 7.11 Å². The first-order valence-corrected chi connectivity index (χ1v) is 7.84. The second kappa shape index (κ2) is 6.88. The molecular formula is C17H18ClN5O. The van der Waals surface area contributed by atoms with Gasteiger partial charge in [-0.1, -0.05) is 29.8 Å². The summed E-state index contributed by atoms with van der Waals surface area (Å²) in [6.45, 7) is 1.80. The molecule has 1 aromatic carbocycles. The number of imidazole rings is 1. The summed E-state index contributed by atoms with van der Waals surface area (Å²) >= 11 is 6.06. The van der Waals surface area contributed by atoms with Crippen molar-refractivity contribution in [2.75, 3.05) is 12.4 Å². The smallest absolute Gasteiger partial charge is 0.135 e. The van der Waals surface area contributed by atoms with Crippen LogP contribution in [0.25, 0.3) is 0 Å². The maximum Gasteiger partial charge on any atom is 0.135 e. The summed E-state index contributed by atoms with van der Waals surface area (Å²) in [4.78, 5) is 13.0. The summed E-state index contributed by atoms with van der Waals surface area (Å²) in [5, 5.41) is 3.79. The number of rotatable bonds is 5. The number of hydrogen-bond donors (Lipinski definition) is 1. The van der Waals surface area contributed by atoms with Crippen LogP contribution in [0.2, 0.25) is 5.15 Å². The Balaban J connectivity index is 2.07. The van der Waals surface area contributed by atoms with Gasteiger partial charge in [0.1, 0.15) is 34.4 Å². The van der Waals surface area contributed by atoms with Gasteiger partial charge in [0.25, 0.3) is 0 Å². The van der Waals surface area contributed by atoms with Gasteiger partial charge in [0, 0.05) is 31.1 Å². The number of hydrogen-bond acceptors (Lipinski definition) is 5. The fraction of sp³-hybridized carbons (Fsp3) is 0.235. The minimum absolute atomic E-state index is 0.244. The van der Waals surface area contributed by atoms with E-state index in [1.807, 2.05) is 42.1 Å². The average molecular weight is 344 g/mol. The molecular weight excluding hydrogens is 326 g/mol. The molecule has 3 aromatic rings. The maximum atomic E-state index is 6.06. The third-order valence-corrected chi connectivity index (χ3v) is 3.86. The van der Waals surface area contributed by atoms with E-state index in [-0.39, 0.29) is 6.04 Å². The zero-order valence-electron chi connectivity index (χ0n) is 13.7. The predicted molar refractivity (Wildman–Crippen MR) is 93.4 cm³/mol. The van der Waals surface area contributed by atoms with E-state index < -0.39 is 0 Å². The molecule has 0 radical (unpaired) electrons. The molecule has 1 unspecified atom stereocenters. The number of anilines is 1. The van der Waals surface area contributed by atoms with Gasteiger partial charge in [0.2, 0.25) is 0 Å². The molecule has 2 aromatic heterocycles. The summed E-state index contributed by atoms with van der Waals surface area (Å²) in [6.07, 6.45) is 3.66. The van der Waals surface area contributed by atoms with Crippen molar-refractivity contribution in [2.24, 2.45) is 7.05 Å². The van der Waals surface area contributed by atoms with Gasteiger partial charge >= 0.3 is 0 Å². The lowest BCUT2D eigenvalue weighted by atomic mass is 10.0. The van der Waals surface area contributed by atoms with Crippen LogP contribution in [0.15, 0.2) is 42.7 Å². The highest BCUT2D eigenvalue weighted by Gasteiger charge is 2.22. The van der Waals surface area contributed by atoms with Crippen molar-refractivity contribution < 1.29 is 4.74 Å². The van der Waals surface area contributed by atoms with E-state index in [9.17, 15) is 0 Å². The summed E-state index contributed by atoms with van der Waals surface area (Å²) in [7, 11) is 3.60. The Morgan fingerprint density at radius 3 is 2.71 bits per heavy atom. The molecule has 0 saturated heterocycles. The summed E-state index contributed by atoms with van der Waals surface area (Å²) in [5.74, 6) is 2.84. The van der Waals surface area contributed by atoms with Crippen LogP contribution in [0.1, 0.15) is 23.3 Å². The molecule has 0 bridgehead atoms.